The van der Waals surface area contributed by atoms with E-state index in [-0.39, 0.29) is 6.10 Å². The van der Waals surface area contributed by atoms with Gasteiger partial charge < -0.3 is 15.4 Å². The van der Waals surface area contributed by atoms with E-state index in [2.05, 4.69) is 48.5 Å². The van der Waals surface area contributed by atoms with Crippen LogP contribution in [0.3, 0.4) is 0 Å². The zero-order valence-corrected chi connectivity index (χ0v) is 13.2. The van der Waals surface area contributed by atoms with Crippen molar-refractivity contribution >= 4 is 5.96 Å². The highest BCUT2D eigenvalue weighted by Crippen LogP contribution is 2.12. The van der Waals surface area contributed by atoms with Gasteiger partial charge in [-0.05, 0) is 39.3 Å². The number of hydrogen-bond donors (Lipinski definition) is 2. The predicted octanol–water partition coefficient (Wildman–Crippen LogP) is 2.73. The van der Waals surface area contributed by atoms with Crippen LogP contribution in [0.25, 0.3) is 0 Å². The van der Waals surface area contributed by atoms with E-state index in [1.54, 1.807) is 7.05 Å². The number of ether oxygens (including phenoxy) is 1. The maximum atomic E-state index is 5.85. The Bertz CT molecular complexity index is 414. The van der Waals surface area contributed by atoms with Gasteiger partial charge >= 0.3 is 0 Å². The Labute approximate surface area is 122 Å². The van der Waals surface area contributed by atoms with E-state index in [1.807, 2.05) is 19.1 Å². The minimum Gasteiger partial charge on any atom is -0.489 e. The lowest BCUT2D eigenvalue weighted by molar-refractivity contribution is 0.223. The van der Waals surface area contributed by atoms with Gasteiger partial charge in [-0.15, -0.1) is 0 Å². The average molecular weight is 277 g/mol. The molecule has 112 valence electrons. The summed E-state index contributed by atoms with van der Waals surface area (Å²) in [6, 6.07) is 8.52. The maximum absolute atomic E-state index is 5.85. The first kappa shape index (κ1) is 16.3. The molecule has 0 aliphatic rings. The van der Waals surface area contributed by atoms with Crippen LogP contribution in [0.2, 0.25) is 0 Å². The summed E-state index contributed by atoms with van der Waals surface area (Å²) in [7, 11) is 1.78. The van der Waals surface area contributed by atoms with Crippen molar-refractivity contribution in [1.82, 2.24) is 10.6 Å². The highest BCUT2D eigenvalue weighted by molar-refractivity contribution is 5.79. The van der Waals surface area contributed by atoms with Gasteiger partial charge in [0.2, 0.25) is 0 Å². The van der Waals surface area contributed by atoms with Crippen LogP contribution in [0.1, 0.15) is 32.8 Å². The first-order valence-electron chi connectivity index (χ1n) is 7.25. The molecule has 0 spiro atoms. The van der Waals surface area contributed by atoms with Crippen LogP contribution >= 0.6 is 0 Å². The molecule has 2 atom stereocenters. The second-order valence-electron chi connectivity index (χ2n) is 5.15. The Kier molecular flexibility index (Phi) is 6.91. The summed E-state index contributed by atoms with van der Waals surface area (Å²) >= 11 is 0. The molecular formula is C16H27N3O. The highest BCUT2D eigenvalue weighted by Gasteiger charge is 2.07. The summed E-state index contributed by atoms with van der Waals surface area (Å²) in [5, 5.41) is 6.61. The fourth-order valence-corrected chi connectivity index (χ4v) is 1.66. The van der Waals surface area contributed by atoms with Crippen molar-refractivity contribution in [2.75, 3.05) is 13.6 Å². The molecule has 0 saturated carbocycles. The van der Waals surface area contributed by atoms with Gasteiger partial charge in [-0.25, -0.2) is 0 Å². The molecule has 1 aromatic carbocycles. The molecule has 4 heteroatoms. The summed E-state index contributed by atoms with van der Waals surface area (Å²) in [5.74, 6) is 1.72. The fourth-order valence-electron chi connectivity index (χ4n) is 1.66. The van der Waals surface area contributed by atoms with E-state index in [1.165, 1.54) is 5.56 Å². The highest BCUT2D eigenvalue weighted by atomic mass is 16.5. The summed E-state index contributed by atoms with van der Waals surface area (Å²) in [5.41, 5.74) is 1.24. The minimum atomic E-state index is 0.0770. The molecule has 2 N–H and O–H groups in total. The molecule has 1 rings (SSSR count). The Hall–Kier alpha value is -1.71. The zero-order chi connectivity index (χ0) is 15.0. The van der Waals surface area contributed by atoms with E-state index < -0.39 is 0 Å². The van der Waals surface area contributed by atoms with Crippen LogP contribution in [0.15, 0.2) is 29.3 Å². The van der Waals surface area contributed by atoms with Crippen molar-refractivity contribution in [1.29, 1.82) is 0 Å². The van der Waals surface area contributed by atoms with Crippen LogP contribution < -0.4 is 15.4 Å². The molecule has 20 heavy (non-hydrogen) atoms. The Morgan fingerprint density at radius 1 is 1.25 bits per heavy atom. The van der Waals surface area contributed by atoms with Crippen LogP contribution in [-0.2, 0) is 0 Å². The molecule has 4 nitrogen and oxygen atoms in total. The van der Waals surface area contributed by atoms with E-state index in [9.17, 15) is 0 Å². The fraction of sp³-hybridized carbons (Fsp3) is 0.562. The standard InChI is InChI=1S/C16H27N3O/c1-6-13(3)19-16(17-5)18-11-14(4)20-15-9-7-12(2)8-10-15/h7-10,13-14H,6,11H2,1-5H3,(H2,17,18,19). The molecule has 0 radical (unpaired) electrons. The number of aryl methyl sites for hydroxylation is 1. The topological polar surface area (TPSA) is 45.7 Å². The zero-order valence-electron chi connectivity index (χ0n) is 13.2. The smallest absolute Gasteiger partial charge is 0.191 e. The van der Waals surface area contributed by atoms with E-state index in [0.717, 1.165) is 18.1 Å². The van der Waals surface area contributed by atoms with Crippen LogP contribution in [0.5, 0.6) is 5.75 Å². The second kappa shape index (κ2) is 8.46. The number of nitrogens with zero attached hydrogens (tertiary/aromatic N) is 1. The average Bonchev–Trinajstić information content (AvgIpc) is 2.45. The van der Waals surface area contributed by atoms with Gasteiger partial charge in [0.25, 0.3) is 0 Å². The second-order valence-corrected chi connectivity index (χ2v) is 5.15. The van der Waals surface area contributed by atoms with Gasteiger partial charge in [0.1, 0.15) is 11.9 Å². The van der Waals surface area contributed by atoms with Gasteiger partial charge in [-0.2, -0.15) is 0 Å². The third-order valence-electron chi connectivity index (χ3n) is 3.13. The molecule has 1 aromatic rings. The van der Waals surface area contributed by atoms with E-state index >= 15 is 0 Å². The quantitative estimate of drug-likeness (QED) is 0.621. The normalized spacial score (nSPS) is 14.6. The number of rotatable bonds is 6. The van der Waals surface area contributed by atoms with Crippen molar-refractivity contribution in [2.45, 2.75) is 46.3 Å². The molecule has 0 saturated heterocycles. The number of nitrogens with one attached hydrogen (secondary N) is 2. The molecule has 0 aromatic heterocycles. The van der Waals surface area contributed by atoms with E-state index in [4.69, 9.17) is 4.74 Å². The van der Waals surface area contributed by atoms with Crippen molar-refractivity contribution < 1.29 is 4.74 Å². The summed E-state index contributed by atoms with van der Waals surface area (Å²) in [6.07, 6.45) is 1.14. The third kappa shape index (κ3) is 5.95. The number of guanidine groups is 1. The van der Waals surface area contributed by atoms with Crippen LogP contribution in [0, 0.1) is 6.92 Å². The third-order valence-corrected chi connectivity index (χ3v) is 3.13. The Morgan fingerprint density at radius 2 is 1.90 bits per heavy atom. The lowest BCUT2D eigenvalue weighted by Gasteiger charge is -2.20. The van der Waals surface area contributed by atoms with Gasteiger partial charge in [0.15, 0.2) is 5.96 Å². The summed E-state index contributed by atoms with van der Waals surface area (Å²) in [6.45, 7) is 9.11. The molecule has 0 fully saturated rings. The van der Waals surface area contributed by atoms with Gasteiger partial charge in [0, 0.05) is 13.1 Å². The van der Waals surface area contributed by atoms with Crippen molar-refractivity contribution in [2.24, 2.45) is 4.99 Å². The maximum Gasteiger partial charge on any atom is 0.191 e. The Balaban J connectivity index is 2.38. The molecule has 0 aliphatic carbocycles. The van der Waals surface area contributed by atoms with Gasteiger partial charge in [0.05, 0.1) is 6.54 Å². The van der Waals surface area contributed by atoms with Gasteiger partial charge in [-0.3, -0.25) is 4.99 Å². The number of hydrogen-bond acceptors (Lipinski definition) is 2. The molecule has 0 heterocycles. The van der Waals surface area contributed by atoms with Crippen molar-refractivity contribution in [3.8, 4) is 5.75 Å². The van der Waals surface area contributed by atoms with Crippen molar-refractivity contribution in [3.63, 3.8) is 0 Å². The lowest BCUT2D eigenvalue weighted by atomic mass is 10.2. The molecule has 2 unspecified atom stereocenters. The first-order chi connectivity index (χ1) is 9.55. The van der Waals surface area contributed by atoms with Crippen LogP contribution in [-0.4, -0.2) is 31.7 Å². The monoisotopic (exact) mass is 277 g/mol. The summed E-state index contributed by atoms with van der Waals surface area (Å²) in [4.78, 5) is 4.21. The van der Waals surface area contributed by atoms with Crippen molar-refractivity contribution in [3.05, 3.63) is 29.8 Å². The minimum absolute atomic E-state index is 0.0770. The molecule has 0 bridgehead atoms. The Morgan fingerprint density at radius 3 is 2.45 bits per heavy atom. The van der Waals surface area contributed by atoms with Gasteiger partial charge in [-0.1, -0.05) is 24.6 Å². The number of benzene rings is 1. The largest absolute Gasteiger partial charge is 0.489 e. The summed E-state index contributed by atoms with van der Waals surface area (Å²) < 4.78 is 5.85. The first-order valence-corrected chi connectivity index (χ1v) is 7.25. The van der Waals surface area contributed by atoms with Crippen LogP contribution in [0.4, 0.5) is 0 Å². The lowest BCUT2D eigenvalue weighted by Crippen LogP contribution is -2.45. The molecular weight excluding hydrogens is 250 g/mol. The SMILES string of the molecule is CCC(C)NC(=NC)NCC(C)Oc1ccc(C)cc1. The predicted molar refractivity (Wildman–Crippen MR) is 85.5 cm³/mol. The number of aliphatic imine (C=N–C) groups is 1. The molecule has 0 amide bonds. The van der Waals surface area contributed by atoms with E-state index in [0.29, 0.717) is 12.6 Å². The molecule has 0 aliphatic heterocycles.